The molecule has 0 amide bonds. The highest BCUT2D eigenvalue weighted by Gasteiger charge is 2.51. The lowest BCUT2D eigenvalue weighted by atomic mass is 9.85. The number of rotatable bonds is 38. The summed E-state index contributed by atoms with van der Waals surface area (Å²) in [5.41, 5.74) is 0. The molecule has 0 aromatic carbocycles. The maximum Gasteiger partial charge on any atom is 0.472 e. The second-order valence-corrected chi connectivity index (χ2v) is 17.6. The number of esters is 2. The summed E-state index contributed by atoms with van der Waals surface area (Å²) in [6.07, 6.45) is 35.3. The molecule has 14 heteroatoms. The third-order valence-electron chi connectivity index (χ3n) is 10.5. The smallest absolute Gasteiger partial charge is 0.462 e. The molecule has 0 spiro atoms. The van der Waals surface area contributed by atoms with Crippen LogP contribution in [0.4, 0.5) is 0 Å². The molecule has 0 aliphatic heterocycles. The van der Waals surface area contributed by atoms with Gasteiger partial charge in [-0.3, -0.25) is 18.6 Å². The van der Waals surface area contributed by atoms with Crippen LogP contribution in [-0.4, -0.2) is 98.3 Å². The number of carbonyl (C=O) groups is 2. The van der Waals surface area contributed by atoms with Crippen LogP contribution in [0.2, 0.25) is 0 Å². The molecule has 0 radical (unpaired) electrons. The Labute approximate surface area is 378 Å². The van der Waals surface area contributed by atoms with E-state index >= 15 is 0 Å². The van der Waals surface area contributed by atoms with Crippen molar-refractivity contribution >= 4 is 19.8 Å². The molecular weight excluding hydrogens is 827 g/mol. The van der Waals surface area contributed by atoms with Gasteiger partial charge < -0.3 is 39.9 Å². The first-order valence-corrected chi connectivity index (χ1v) is 25.2. The van der Waals surface area contributed by atoms with E-state index in [1.165, 1.54) is 57.8 Å². The van der Waals surface area contributed by atoms with Crippen molar-refractivity contribution in [2.24, 2.45) is 0 Å². The normalized spacial score (nSPS) is 22.3. The maximum absolute atomic E-state index is 12.8. The van der Waals surface area contributed by atoms with Gasteiger partial charge in [0.05, 0.1) is 6.61 Å². The highest BCUT2D eigenvalue weighted by Crippen LogP contribution is 2.47. The van der Waals surface area contributed by atoms with Crippen LogP contribution in [-0.2, 0) is 32.7 Å². The van der Waals surface area contributed by atoms with Crippen LogP contribution in [0.5, 0.6) is 0 Å². The molecule has 63 heavy (non-hydrogen) atoms. The number of allylic oxidation sites excluding steroid dienone is 12. The number of aliphatic hydroxyl groups is 5. The molecule has 13 nitrogen and oxygen atoms in total. The predicted octanol–water partition coefficient (Wildman–Crippen LogP) is 9.50. The lowest BCUT2D eigenvalue weighted by Gasteiger charge is -2.41. The number of ether oxygens (including phenoxy) is 2. The number of aliphatic hydroxyl groups excluding tert-OH is 5. The molecule has 0 bridgehead atoms. The lowest BCUT2D eigenvalue weighted by Crippen LogP contribution is -2.64. The van der Waals surface area contributed by atoms with Gasteiger partial charge in [-0.15, -0.1) is 0 Å². The fourth-order valence-electron chi connectivity index (χ4n) is 6.73. The van der Waals surface area contributed by atoms with Gasteiger partial charge in [0.15, 0.2) is 6.10 Å². The van der Waals surface area contributed by atoms with Gasteiger partial charge in [-0.1, -0.05) is 151 Å². The van der Waals surface area contributed by atoms with Crippen molar-refractivity contribution in [3.63, 3.8) is 0 Å². The van der Waals surface area contributed by atoms with Crippen molar-refractivity contribution in [2.45, 2.75) is 211 Å². The van der Waals surface area contributed by atoms with Crippen molar-refractivity contribution in [1.29, 1.82) is 0 Å². The van der Waals surface area contributed by atoms with Crippen LogP contribution in [0.1, 0.15) is 168 Å². The summed E-state index contributed by atoms with van der Waals surface area (Å²) in [6.45, 7) is 3.12. The molecule has 1 aliphatic rings. The molecule has 6 unspecified atom stereocenters. The first kappa shape index (κ1) is 58.3. The zero-order valence-corrected chi connectivity index (χ0v) is 39.2. The first-order chi connectivity index (χ1) is 30.4. The van der Waals surface area contributed by atoms with Crippen LogP contribution in [0.3, 0.4) is 0 Å². The Morgan fingerprint density at radius 3 is 1.44 bits per heavy atom. The van der Waals surface area contributed by atoms with Crippen LogP contribution < -0.4 is 0 Å². The largest absolute Gasteiger partial charge is 0.472 e. The van der Waals surface area contributed by atoms with E-state index in [0.29, 0.717) is 19.3 Å². The SMILES string of the molecule is CC/C=C/C/C=C/C/C=C/C/C=C/C/C=C/CCCC(=O)OC[C@@H](COP(=O)(O)OC1C(O)C(O)C(O)[C@H](O)C1O)OC(=O)CCCCCCCCCCC/C=C/CCCCCC. The van der Waals surface area contributed by atoms with Gasteiger partial charge in [0.25, 0.3) is 0 Å². The van der Waals surface area contributed by atoms with Gasteiger partial charge in [-0.2, -0.15) is 0 Å². The molecule has 1 fully saturated rings. The van der Waals surface area contributed by atoms with E-state index in [1.807, 2.05) is 12.2 Å². The molecule has 1 saturated carbocycles. The molecule has 0 aromatic rings. The summed E-state index contributed by atoms with van der Waals surface area (Å²) in [7, 11) is -5.14. The quantitative estimate of drug-likeness (QED) is 0.0148. The Morgan fingerprint density at radius 1 is 0.508 bits per heavy atom. The zero-order chi connectivity index (χ0) is 46.4. The summed E-state index contributed by atoms with van der Waals surface area (Å²) in [5.74, 6) is -1.17. The van der Waals surface area contributed by atoms with Gasteiger partial charge in [0, 0.05) is 12.8 Å². The van der Waals surface area contributed by atoms with E-state index < -0.39 is 75.7 Å². The molecule has 1 aliphatic carbocycles. The Hall–Kier alpha value is -2.71. The molecule has 0 aromatic heterocycles. The minimum Gasteiger partial charge on any atom is -0.462 e. The van der Waals surface area contributed by atoms with Crippen LogP contribution >= 0.6 is 7.82 Å². The van der Waals surface area contributed by atoms with Gasteiger partial charge in [0.1, 0.15) is 43.2 Å². The van der Waals surface area contributed by atoms with Crippen LogP contribution in [0.15, 0.2) is 72.9 Å². The third kappa shape index (κ3) is 31.0. The zero-order valence-electron chi connectivity index (χ0n) is 38.3. The number of phosphoric ester groups is 1. The minimum absolute atomic E-state index is 0.0790. The number of hydrogen-bond donors (Lipinski definition) is 6. The Morgan fingerprint density at radius 2 is 0.921 bits per heavy atom. The van der Waals surface area contributed by atoms with Crippen molar-refractivity contribution in [3.05, 3.63) is 72.9 Å². The number of phosphoric acid groups is 1. The number of hydrogen-bond acceptors (Lipinski definition) is 12. The van der Waals surface area contributed by atoms with Gasteiger partial charge in [-0.25, -0.2) is 4.57 Å². The van der Waals surface area contributed by atoms with Crippen molar-refractivity contribution in [1.82, 2.24) is 0 Å². The van der Waals surface area contributed by atoms with Crippen molar-refractivity contribution in [2.75, 3.05) is 13.2 Å². The van der Waals surface area contributed by atoms with Crippen LogP contribution in [0, 0.1) is 0 Å². The predicted molar refractivity (Wildman–Crippen MR) is 249 cm³/mol. The van der Waals surface area contributed by atoms with Gasteiger partial charge in [0.2, 0.25) is 0 Å². The average Bonchev–Trinajstić information content (AvgIpc) is 3.26. The molecule has 0 heterocycles. The summed E-state index contributed by atoms with van der Waals surface area (Å²) in [6, 6.07) is 0. The lowest BCUT2D eigenvalue weighted by molar-refractivity contribution is -0.220. The van der Waals surface area contributed by atoms with E-state index in [9.17, 15) is 44.6 Å². The Bertz CT molecular complexity index is 1380. The summed E-state index contributed by atoms with van der Waals surface area (Å²) in [5, 5.41) is 50.2. The highest BCUT2D eigenvalue weighted by molar-refractivity contribution is 7.47. The summed E-state index contributed by atoms with van der Waals surface area (Å²) >= 11 is 0. The van der Waals surface area contributed by atoms with E-state index in [0.717, 1.165) is 64.2 Å². The van der Waals surface area contributed by atoms with Crippen molar-refractivity contribution < 1.29 is 63.1 Å². The molecule has 1 rings (SSSR count). The second kappa shape index (κ2) is 38.5. The summed E-state index contributed by atoms with van der Waals surface area (Å²) in [4.78, 5) is 35.7. The number of carbonyl (C=O) groups excluding carboxylic acids is 2. The summed E-state index contributed by atoms with van der Waals surface area (Å²) < 4.78 is 33.5. The van der Waals surface area contributed by atoms with E-state index in [4.69, 9.17) is 18.5 Å². The molecule has 362 valence electrons. The average molecular weight is 911 g/mol. The fraction of sp³-hybridized carbons (Fsp3) is 0.714. The first-order valence-electron chi connectivity index (χ1n) is 23.7. The second-order valence-electron chi connectivity index (χ2n) is 16.2. The number of unbranched alkanes of at least 4 members (excludes halogenated alkanes) is 14. The van der Waals surface area contributed by atoms with E-state index in [1.54, 1.807) is 0 Å². The standard InChI is InChI=1S/C49H83O13P/c1-3-5-7-9-11-13-15-17-19-21-23-25-27-29-31-33-35-37-42(50)59-39-41(40-60-63(57,58)62-49-47(55)45(53)44(52)46(54)48(49)56)61-43(51)38-36-34-32-30-28-26-24-22-20-18-16-14-12-10-8-6-4-2/h5,7,11,13-14,16-17,19,23,25,29,31,41,44-49,52-56H,3-4,6,8-10,12,15,18,20-22,24,26-28,30,32-40H2,1-2H3,(H,57,58)/b7-5+,13-11+,16-14+,19-17+,25-23+,31-29+/t41-,44?,45-,46?,47?,48?,49?/m0/s1. The molecule has 6 N–H and O–H groups in total. The minimum atomic E-state index is -5.14. The van der Waals surface area contributed by atoms with Crippen LogP contribution in [0.25, 0.3) is 0 Å². The topological polar surface area (TPSA) is 210 Å². The monoisotopic (exact) mass is 911 g/mol. The molecular formula is C49H83O13P. The Kier molecular flexibility index (Phi) is 35.7. The molecule has 8 atom stereocenters. The van der Waals surface area contributed by atoms with Gasteiger partial charge in [-0.05, 0) is 77.0 Å². The fourth-order valence-corrected chi connectivity index (χ4v) is 7.70. The van der Waals surface area contributed by atoms with Gasteiger partial charge >= 0.3 is 19.8 Å². The van der Waals surface area contributed by atoms with E-state index in [-0.39, 0.29) is 12.8 Å². The molecule has 0 saturated heterocycles. The third-order valence-corrected chi connectivity index (χ3v) is 11.5. The van der Waals surface area contributed by atoms with E-state index in [2.05, 4.69) is 74.6 Å². The van der Waals surface area contributed by atoms with Crippen molar-refractivity contribution in [3.8, 4) is 0 Å². The Balaban J connectivity index is 2.49. The highest BCUT2D eigenvalue weighted by atomic mass is 31.2. The maximum atomic E-state index is 12.8.